The van der Waals surface area contributed by atoms with Crippen molar-refractivity contribution in [2.75, 3.05) is 17.6 Å². The van der Waals surface area contributed by atoms with Crippen molar-refractivity contribution in [3.63, 3.8) is 0 Å². The number of fused-ring (bicyclic) bond motifs is 1. The molecule has 1 amide bonds. The zero-order valence-electron chi connectivity index (χ0n) is 26.4. The largest absolute Gasteiger partial charge is 0.454 e. The fourth-order valence-electron chi connectivity index (χ4n) is 4.80. The SMILES string of the molecule is Cc1cc(Oc2ccccc2F)ccc1-n1ncc(C(=O)c2cc3cc(F)c(NCC(C)(C)NC(=O)OC(C)(C)C)cc3[nH]2)c1N. The van der Waals surface area contributed by atoms with Gasteiger partial charge < -0.3 is 30.8 Å². The van der Waals surface area contributed by atoms with E-state index in [1.807, 2.05) is 6.92 Å². The molecular weight excluding hydrogens is 594 g/mol. The van der Waals surface area contributed by atoms with Crippen LogP contribution in [0.3, 0.4) is 0 Å². The minimum absolute atomic E-state index is 0.0984. The molecule has 2 heterocycles. The van der Waals surface area contributed by atoms with E-state index < -0.39 is 34.7 Å². The first-order valence-electron chi connectivity index (χ1n) is 14.6. The Kier molecular flexibility index (Phi) is 8.48. The minimum atomic E-state index is -0.760. The van der Waals surface area contributed by atoms with E-state index in [2.05, 4.69) is 20.7 Å². The summed E-state index contributed by atoms with van der Waals surface area (Å²) in [5.41, 5.74) is 7.40. The average molecular weight is 631 g/mol. The highest BCUT2D eigenvalue weighted by Crippen LogP contribution is 2.30. The molecule has 5 N–H and O–H groups in total. The molecule has 0 bridgehead atoms. The number of aromatic nitrogens is 3. The number of carbonyl (C=O) groups is 2. The van der Waals surface area contributed by atoms with Gasteiger partial charge in [0, 0.05) is 17.4 Å². The van der Waals surface area contributed by atoms with Gasteiger partial charge in [-0.05, 0) is 95.6 Å². The van der Waals surface area contributed by atoms with Crippen molar-refractivity contribution in [2.24, 2.45) is 0 Å². The molecule has 46 heavy (non-hydrogen) atoms. The molecule has 0 saturated carbocycles. The molecular formula is C34H36F2N6O4. The molecule has 0 atom stereocenters. The molecule has 0 spiro atoms. The summed E-state index contributed by atoms with van der Waals surface area (Å²) >= 11 is 0. The summed E-state index contributed by atoms with van der Waals surface area (Å²) in [7, 11) is 0. The Bertz CT molecular complexity index is 1940. The Labute approximate surface area is 264 Å². The number of H-pyrrole nitrogens is 1. The van der Waals surface area contributed by atoms with Gasteiger partial charge in [0.25, 0.3) is 0 Å². The van der Waals surface area contributed by atoms with E-state index in [0.717, 1.165) is 5.56 Å². The monoisotopic (exact) mass is 630 g/mol. The Morgan fingerprint density at radius 2 is 1.74 bits per heavy atom. The number of rotatable bonds is 9. The Hall–Kier alpha value is -5.39. The quantitative estimate of drug-likeness (QED) is 0.126. The van der Waals surface area contributed by atoms with Gasteiger partial charge in [-0.15, -0.1) is 0 Å². The molecule has 5 aromatic rings. The Morgan fingerprint density at radius 3 is 2.43 bits per heavy atom. The lowest BCUT2D eigenvalue weighted by Gasteiger charge is -2.29. The summed E-state index contributed by atoms with van der Waals surface area (Å²) in [6.07, 6.45) is 0.797. The molecule has 0 aliphatic rings. The van der Waals surface area contributed by atoms with E-state index in [0.29, 0.717) is 22.3 Å². The lowest BCUT2D eigenvalue weighted by atomic mass is 10.1. The van der Waals surface area contributed by atoms with Gasteiger partial charge in [0.15, 0.2) is 11.6 Å². The van der Waals surface area contributed by atoms with Gasteiger partial charge in [-0.3, -0.25) is 4.79 Å². The van der Waals surface area contributed by atoms with Gasteiger partial charge in [-0.1, -0.05) is 12.1 Å². The van der Waals surface area contributed by atoms with Gasteiger partial charge in [-0.25, -0.2) is 18.3 Å². The van der Waals surface area contributed by atoms with Gasteiger partial charge in [0.05, 0.1) is 34.4 Å². The molecule has 0 radical (unpaired) electrons. The topological polar surface area (TPSA) is 136 Å². The smallest absolute Gasteiger partial charge is 0.408 e. The number of ketones is 1. The number of nitrogens with one attached hydrogen (secondary N) is 3. The maximum atomic E-state index is 15.0. The first-order valence-corrected chi connectivity index (χ1v) is 14.6. The van der Waals surface area contributed by atoms with Crippen LogP contribution in [0.4, 0.5) is 25.1 Å². The maximum Gasteiger partial charge on any atom is 0.408 e. The van der Waals surface area contributed by atoms with Crippen LogP contribution in [-0.4, -0.2) is 44.3 Å². The highest BCUT2D eigenvalue weighted by Gasteiger charge is 2.25. The van der Waals surface area contributed by atoms with Crippen LogP contribution in [0.2, 0.25) is 0 Å². The van der Waals surface area contributed by atoms with Crippen molar-refractivity contribution >= 4 is 34.3 Å². The van der Waals surface area contributed by atoms with E-state index in [1.54, 1.807) is 77.1 Å². The number of hydrogen-bond donors (Lipinski definition) is 4. The first kappa shape index (κ1) is 32.0. The molecule has 2 aromatic heterocycles. The molecule has 5 rings (SSSR count). The fraction of sp³-hybridized carbons (Fsp3) is 0.265. The number of nitrogen functional groups attached to an aromatic ring is 1. The van der Waals surface area contributed by atoms with Crippen LogP contribution in [0.1, 0.15) is 56.2 Å². The Morgan fingerprint density at radius 1 is 1.00 bits per heavy atom. The van der Waals surface area contributed by atoms with E-state index >= 15 is 4.39 Å². The van der Waals surface area contributed by atoms with Gasteiger partial charge in [0.2, 0.25) is 5.78 Å². The number of ether oxygens (including phenoxy) is 2. The normalized spacial score (nSPS) is 11.8. The number of para-hydroxylation sites is 1. The molecule has 0 saturated heterocycles. The molecule has 240 valence electrons. The summed E-state index contributed by atoms with van der Waals surface area (Å²) in [5, 5.41) is 10.6. The average Bonchev–Trinajstić information content (AvgIpc) is 3.54. The van der Waals surface area contributed by atoms with Crippen molar-refractivity contribution in [3.05, 3.63) is 95.3 Å². The van der Waals surface area contributed by atoms with Gasteiger partial charge in [-0.2, -0.15) is 5.10 Å². The second-order valence-electron chi connectivity index (χ2n) is 12.6. The molecule has 0 unspecified atom stereocenters. The van der Waals surface area contributed by atoms with E-state index in [1.165, 1.54) is 29.1 Å². The van der Waals surface area contributed by atoms with Crippen LogP contribution in [-0.2, 0) is 4.74 Å². The molecule has 0 aliphatic carbocycles. The lowest BCUT2D eigenvalue weighted by Crippen LogP contribution is -2.50. The third-order valence-corrected chi connectivity index (χ3v) is 7.03. The molecule has 12 heteroatoms. The van der Waals surface area contributed by atoms with Crippen LogP contribution in [0.5, 0.6) is 11.5 Å². The summed E-state index contributed by atoms with van der Waals surface area (Å²) in [5.74, 6) is -0.787. The fourth-order valence-corrected chi connectivity index (χ4v) is 4.80. The third kappa shape index (κ3) is 7.12. The molecule has 0 fully saturated rings. The van der Waals surface area contributed by atoms with Crippen molar-refractivity contribution in [3.8, 4) is 17.2 Å². The summed E-state index contributed by atoms with van der Waals surface area (Å²) < 4.78 is 41.5. The number of hydrogen-bond acceptors (Lipinski definition) is 7. The van der Waals surface area contributed by atoms with Crippen LogP contribution in [0.25, 0.3) is 16.6 Å². The Balaban J connectivity index is 1.31. The number of nitrogens with two attached hydrogens (primary N) is 1. The summed E-state index contributed by atoms with van der Waals surface area (Å²) in [6, 6.07) is 15.6. The second kappa shape index (κ2) is 12.2. The number of benzene rings is 3. The zero-order valence-corrected chi connectivity index (χ0v) is 26.4. The molecule has 3 aromatic carbocycles. The van der Waals surface area contributed by atoms with Crippen molar-refractivity contribution in [1.29, 1.82) is 0 Å². The van der Waals surface area contributed by atoms with Crippen LogP contribution in [0.15, 0.2) is 66.9 Å². The van der Waals surface area contributed by atoms with E-state index in [4.69, 9.17) is 15.2 Å². The van der Waals surface area contributed by atoms with Gasteiger partial charge in [0.1, 0.15) is 23.0 Å². The number of halogens is 2. The minimum Gasteiger partial charge on any atom is -0.454 e. The van der Waals surface area contributed by atoms with Crippen molar-refractivity contribution in [2.45, 2.75) is 52.7 Å². The van der Waals surface area contributed by atoms with Crippen LogP contribution >= 0.6 is 0 Å². The maximum absolute atomic E-state index is 15.0. The molecule has 10 nitrogen and oxygen atoms in total. The predicted molar refractivity (Wildman–Crippen MR) is 173 cm³/mol. The standard InChI is InChI=1S/C34H36F2N6O4/c1-19-13-21(45-29-10-8-7-9-23(29)35)11-12-28(19)42-31(37)22(17-39-42)30(43)27-15-20-14-24(36)26(16-25(20)40-27)38-18-34(5,6)41-32(44)46-33(2,3)4/h7-17,38,40H,18,37H2,1-6H3,(H,41,44). The number of nitrogens with zero attached hydrogens (tertiary/aromatic N) is 2. The zero-order chi connectivity index (χ0) is 33.4. The third-order valence-electron chi connectivity index (χ3n) is 7.03. The first-order chi connectivity index (χ1) is 21.6. The highest BCUT2D eigenvalue weighted by atomic mass is 19.1. The van der Waals surface area contributed by atoms with Crippen molar-refractivity contribution < 1.29 is 27.8 Å². The van der Waals surface area contributed by atoms with E-state index in [9.17, 15) is 14.0 Å². The highest BCUT2D eigenvalue weighted by molar-refractivity contribution is 6.12. The number of aryl methyl sites for hydroxylation is 1. The summed E-state index contributed by atoms with van der Waals surface area (Å²) in [6.45, 7) is 10.9. The van der Waals surface area contributed by atoms with Crippen molar-refractivity contribution in [1.82, 2.24) is 20.1 Å². The van der Waals surface area contributed by atoms with E-state index in [-0.39, 0.29) is 35.1 Å². The lowest BCUT2D eigenvalue weighted by molar-refractivity contribution is 0.0477. The number of aromatic amines is 1. The summed E-state index contributed by atoms with van der Waals surface area (Å²) in [4.78, 5) is 28.8. The number of anilines is 2. The second-order valence-corrected chi connectivity index (χ2v) is 12.6. The predicted octanol–water partition coefficient (Wildman–Crippen LogP) is 7.26. The number of amides is 1. The number of alkyl carbamates (subject to hydrolysis) is 1. The van der Waals surface area contributed by atoms with Crippen LogP contribution < -0.4 is 21.1 Å². The van der Waals surface area contributed by atoms with Gasteiger partial charge >= 0.3 is 6.09 Å². The number of carbonyl (C=O) groups excluding carboxylic acids is 2. The molecule has 0 aliphatic heterocycles. The van der Waals surface area contributed by atoms with Crippen LogP contribution in [0, 0.1) is 18.6 Å².